The van der Waals surface area contributed by atoms with E-state index in [0.29, 0.717) is 24.4 Å². The van der Waals surface area contributed by atoms with Crippen LogP contribution in [0.15, 0.2) is 29.8 Å². The van der Waals surface area contributed by atoms with E-state index in [1.165, 1.54) is 0 Å². The van der Waals surface area contributed by atoms with Gasteiger partial charge in [0.2, 0.25) is 0 Å². The van der Waals surface area contributed by atoms with Crippen LogP contribution >= 0.6 is 11.3 Å². The minimum Gasteiger partial charge on any atom is -0.462 e. The van der Waals surface area contributed by atoms with Crippen LogP contribution in [0.3, 0.4) is 0 Å². The Morgan fingerprint density at radius 1 is 1.50 bits per heavy atom. The first-order valence-electron chi connectivity index (χ1n) is 6.39. The number of esters is 1. The average Bonchev–Trinajstić information content (AvgIpc) is 2.94. The predicted molar refractivity (Wildman–Crippen MR) is 81.1 cm³/mol. The molecule has 0 aliphatic rings. The summed E-state index contributed by atoms with van der Waals surface area (Å²) >= 11 is 1.62. The maximum Gasteiger partial charge on any atom is 0.338 e. The summed E-state index contributed by atoms with van der Waals surface area (Å²) in [5.74, 6) is -0.338. The van der Waals surface area contributed by atoms with E-state index in [2.05, 4.69) is 10.3 Å². The van der Waals surface area contributed by atoms with E-state index in [-0.39, 0.29) is 5.97 Å². The topological polar surface area (TPSA) is 77.2 Å². The lowest BCUT2D eigenvalue weighted by atomic mass is 10.1. The lowest BCUT2D eigenvalue weighted by molar-refractivity contribution is 0.0526. The molecule has 0 aliphatic carbocycles. The second-order valence-corrected chi connectivity index (χ2v) is 5.10. The lowest BCUT2D eigenvalue weighted by Gasteiger charge is -2.10. The normalized spacial score (nSPS) is 10.2. The van der Waals surface area contributed by atoms with Crippen molar-refractivity contribution in [2.75, 3.05) is 24.2 Å². The second kappa shape index (κ2) is 6.91. The molecule has 0 amide bonds. The van der Waals surface area contributed by atoms with Crippen molar-refractivity contribution in [3.63, 3.8) is 0 Å². The van der Waals surface area contributed by atoms with E-state index in [1.54, 1.807) is 42.7 Å². The van der Waals surface area contributed by atoms with E-state index in [1.807, 2.05) is 5.38 Å². The summed E-state index contributed by atoms with van der Waals surface area (Å²) in [4.78, 5) is 15.9. The number of nitrogens with two attached hydrogens (primary N) is 1. The minimum atomic E-state index is -0.338. The summed E-state index contributed by atoms with van der Waals surface area (Å²) in [7, 11) is 0. The van der Waals surface area contributed by atoms with Crippen LogP contribution in [0.1, 0.15) is 22.3 Å². The van der Waals surface area contributed by atoms with E-state index >= 15 is 0 Å². The first-order chi connectivity index (χ1) is 9.70. The van der Waals surface area contributed by atoms with E-state index in [9.17, 15) is 4.79 Å². The Morgan fingerprint density at radius 3 is 3.05 bits per heavy atom. The van der Waals surface area contributed by atoms with Gasteiger partial charge in [0.1, 0.15) is 0 Å². The van der Waals surface area contributed by atoms with Crippen molar-refractivity contribution in [2.24, 2.45) is 0 Å². The van der Waals surface area contributed by atoms with Gasteiger partial charge in [-0.05, 0) is 25.1 Å². The number of carbonyl (C=O) groups is 1. The molecule has 3 N–H and O–H groups in total. The van der Waals surface area contributed by atoms with Gasteiger partial charge < -0.3 is 15.8 Å². The molecule has 2 rings (SSSR count). The van der Waals surface area contributed by atoms with Crippen molar-refractivity contribution >= 4 is 28.7 Å². The number of hydrogen-bond donors (Lipinski definition) is 2. The molecule has 1 heterocycles. The van der Waals surface area contributed by atoms with E-state index in [4.69, 9.17) is 10.5 Å². The highest BCUT2D eigenvalue weighted by molar-refractivity contribution is 7.09. The van der Waals surface area contributed by atoms with Crippen LogP contribution in [0.25, 0.3) is 0 Å². The van der Waals surface area contributed by atoms with Crippen molar-refractivity contribution in [1.82, 2.24) is 4.98 Å². The summed E-state index contributed by atoms with van der Waals surface area (Å²) in [6, 6.07) is 5.09. The number of nitrogen functional groups attached to an aromatic ring is 1. The Labute approximate surface area is 121 Å². The molecule has 0 radical (unpaired) electrons. The number of thiazole rings is 1. The number of hydrogen-bond acceptors (Lipinski definition) is 6. The first-order valence-corrected chi connectivity index (χ1v) is 7.27. The van der Waals surface area contributed by atoms with Gasteiger partial charge in [-0.15, -0.1) is 11.3 Å². The number of aromatic nitrogens is 1. The number of rotatable bonds is 6. The molecule has 106 valence electrons. The highest BCUT2D eigenvalue weighted by Gasteiger charge is 2.09. The average molecular weight is 291 g/mol. The third-order valence-electron chi connectivity index (χ3n) is 2.70. The molecule has 6 heteroatoms. The van der Waals surface area contributed by atoms with Crippen LogP contribution in [0, 0.1) is 0 Å². The van der Waals surface area contributed by atoms with Gasteiger partial charge in [-0.25, -0.2) is 9.78 Å². The number of anilines is 2. The van der Waals surface area contributed by atoms with E-state index < -0.39 is 0 Å². The van der Waals surface area contributed by atoms with Gasteiger partial charge in [0.05, 0.1) is 28.6 Å². The van der Waals surface area contributed by atoms with Gasteiger partial charge in [-0.2, -0.15) is 0 Å². The molecule has 0 aliphatic heterocycles. The molecule has 2 aromatic rings. The molecule has 0 saturated heterocycles. The smallest absolute Gasteiger partial charge is 0.338 e. The van der Waals surface area contributed by atoms with Crippen LogP contribution in [-0.4, -0.2) is 24.1 Å². The third-order valence-corrected chi connectivity index (χ3v) is 3.54. The quantitative estimate of drug-likeness (QED) is 0.632. The van der Waals surface area contributed by atoms with Gasteiger partial charge in [-0.1, -0.05) is 0 Å². The van der Waals surface area contributed by atoms with Crippen LogP contribution in [0.5, 0.6) is 0 Å². The molecule has 1 aromatic heterocycles. The Bertz CT molecular complexity index is 570. The SMILES string of the molecule is CCOC(=O)c1ccc(N)c(NCCc2nccs2)c1. The van der Waals surface area contributed by atoms with Crippen LogP contribution in [-0.2, 0) is 11.2 Å². The summed E-state index contributed by atoms with van der Waals surface area (Å²) in [6.45, 7) is 2.85. The number of nitrogens with zero attached hydrogens (tertiary/aromatic N) is 1. The number of nitrogens with one attached hydrogen (secondary N) is 1. The van der Waals surface area contributed by atoms with Gasteiger partial charge in [0.25, 0.3) is 0 Å². The largest absolute Gasteiger partial charge is 0.462 e. The number of benzene rings is 1. The Balaban J connectivity index is 1.99. The minimum absolute atomic E-state index is 0.338. The maximum atomic E-state index is 11.7. The zero-order valence-corrected chi connectivity index (χ0v) is 12.1. The van der Waals surface area contributed by atoms with Gasteiger partial charge in [0.15, 0.2) is 0 Å². The Morgan fingerprint density at radius 2 is 2.35 bits per heavy atom. The molecule has 1 aromatic carbocycles. The highest BCUT2D eigenvalue weighted by Crippen LogP contribution is 2.20. The van der Waals surface area contributed by atoms with Crippen molar-refractivity contribution in [3.8, 4) is 0 Å². The first kappa shape index (κ1) is 14.3. The van der Waals surface area contributed by atoms with Crippen molar-refractivity contribution in [3.05, 3.63) is 40.3 Å². The maximum absolute atomic E-state index is 11.7. The summed E-state index contributed by atoms with van der Waals surface area (Å²) in [6.07, 6.45) is 2.61. The molecule has 0 bridgehead atoms. The zero-order chi connectivity index (χ0) is 14.4. The van der Waals surface area contributed by atoms with Crippen molar-refractivity contribution < 1.29 is 9.53 Å². The standard InChI is InChI=1S/C14H17N3O2S/c1-2-19-14(18)10-3-4-11(15)12(9-10)16-6-5-13-17-7-8-20-13/h3-4,7-9,16H,2,5-6,15H2,1H3. The molecule has 0 unspecified atom stereocenters. The fourth-order valence-electron chi connectivity index (χ4n) is 1.73. The summed E-state index contributed by atoms with van der Waals surface area (Å²) in [5, 5.41) is 6.24. The highest BCUT2D eigenvalue weighted by atomic mass is 32.1. The van der Waals surface area contributed by atoms with Gasteiger partial charge >= 0.3 is 5.97 Å². The lowest BCUT2D eigenvalue weighted by Crippen LogP contribution is -2.09. The number of carbonyl (C=O) groups excluding carboxylic acids is 1. The molecule has 0 spiro atoms. The molecule has 0 fully saturated rings. The monoisotopic (exact) mass is 291 g/mol. The molecular formula is C14H17N3O2S. The summed E-state index contributed by atoms with van der Waals surface area (Å²) < 4.78 is 4.97. The fraction of sp³-hybridized carbons (Fsp3) is 0.286. The fourth-order valence-corrected chi connectivity index (χ4v) is 2.35. The predicted octanol–water partition coefficient (Wildman–Crippen LogP) is 2.56. The van der Waals surface area contributed by atoms with Crippen molar-refractivity contribution in [2.45, 2.75) is 13.3 Å². The van der Waals surface area contributed by atoms with Crippen LogP contribution < -0.4 is 11.1 Å². The Hall–Kier alpha value is -2.08. The van der Waals surface area contributed by atoms with Crippen LogP contribution in [0.2, 0.25) is 0 Å². The Kier molecular flexibility index (Phi) is 4.95. The molecule has 20 heavy (non-hydrogen) atoms. The molecule has 5 nitrogen and oxygen atoms in total. The van der Waals surface area contributed by atoms with Crippen LogP contribution in [0.4, 0.5) is 11.4 Å². The summed E-state index contributed by atoms with van der Waals surface area (Å²) in [5.41, 5.74) is 7.74. The zero-order valence-electron chi connectivity index (χ0n) is 11.3. The van der Waals surface area contributed by atoms with Gasteiger partial charge in [-0.3, -0.25) is 0 Å². The molecule has 0 atom stereocenters. The van der Waals surface area contributed by atoms with Crippen molar-refractivity contribution in [1.29, 1.82) is 0 Å². The van der Waals surface area contributed by atoms with Gasteiger partial charge in [0, 0.05) is 24.5 Å². The van der Waals surface area contributed by atoms with E-state index in [0.717, 1.165) is 17.1 Å². The molecular weight excluding hydrogens is 274 g/mol. The third kappa shape index (κ3) is 3.71. The molecule has 0 saturated carbocycles. The number of ether oxygens (including phenoxy) is 1. The second-order valence-electron chi connectivity index (χ2n) is 4.13.